The molecule has 3 aromatic rings. The van der Waals surface area contributed by atoms with Crippen LogP contribution in [0.15, 0.2) is 72.8 Å². The standard InChI is InChI=1S/C28H32N2O4S/c1-3-4-17-34-25-15-10-22(19-26(25)32-2)20-29-28(35)30-27(31)23-11-13-24(14-12-23)33-18-16-21-8-6-5-7-9-21/h5-15,19H,3-4,16-18,20H2,1-2H3,(H2,29,30,31,35). The maximum atomic E-state index is 12.5. The third-order valence-electron chi connectivity index (χ3n) is 5.28. The Hall–Kier alpha value is -3.58. The van der Waals surface area contributed by atoms with E-state index in [0.717, 1.165) is 24.8 Å². The average Bonchev–Trinajstić information content (AvgIpc) is 2.89. The van der Waals surface area contributed by atoms with Crippen molar-refractivity contribution in [1.29, 1.82) is 0 Å². The first-order valence-corrected chi connectivity index (χ1v) is 12.2. The summed E-state index contributed by atoms with van der Waals surface area (Å²) < 4.78 is 17.0. The summed E-state index contributed by atoms with van der Waals surface area (Å²) in [6.45, 7) is 3.79. The summed E-state index contributed by atoms with van der Waals surface area (Å²) in [5.74, 6) is 1.82. The van der Waals surface area contributed by atoms with Gasteiger partial charge in [0, 0.05) is 18.5 Å². The number of nitrogens with one attached hydrogen (secondary N) is 2. The second-order valence-corrected chi connectivity index (χ2v) is 8.34. The predicted molar refractivity (Wildman–Crippen MR) is 142 cm³/mol. The first-order chi connectivity index (χ1) is 17.1. The molecule has 0 spiro atoms. The second-order valence-electron chi connectivity index (χ2n) is 7.93. The molecule has 0 bridgehead atoms. The van der Waals surface area contributed by atoms with E-state index in [1.165, 1.54) is 5.56 Å². The molecule has 0 atom stereocenters. The Labute approximate surface area is 212 Å². The van der Waals surface area contributed by atoms with Gasteiger partial charge in [-0.05, 0) is 66.2 Å². The van der Waals surface area contributed by atoms with Gasteiger partial charge >= 0.3 is 0 Å². The number of ether oxygens (including phenoxy) is 3. The van der Waals surface area contributed by atoms with Gasteiger partial charge in [0.05, 0.1) is 20.3 Å². The lowest BCUT2D eigenvalue weighted by atomic mass is 10.2. The van der Waals surface area contributed by atoms with E-state index < -0.39 is 0 Å². The van der Waals surface area contributed by atoms with Crippen LogP contribution in [-0.4, -0.2) is 31.3 Å². The number of benzene rings is 3. The predicted octanol–water partition coefficient (Wildman–Crippen LogP) is 5.30. The second kappa shape index (κ2) is 14.0. The number of methoxy groups -OCH3 is 1. The van der Waals surface area contributed by atoms with E-state index in [2.05, 4.69) is 29.7 Å². The summed E-state index contributed by atoms with van der Waals surface area (Å²) in [5, 5.41) is 6.02. The Balaban J connectivity index is 1.43. The van der Waals surface area contributed by atoms with Crippen LogP contribution in [0.3, 0.4) is 0 Å². The van der Waals surface area contributed by atoms with Gasteiger partial charge < -0.3 is 19.5 Å². The van der Waals surface area contributed by atoms with E-state index in [1.54, 1.807) is 31.4 Å². The molecule has 3 aromatic carbocycles. The molecule has 6 nitrogen and oxygen atoms in total. The van der Waals surface area contributed by atoms with Gasteiger partial charge in [0.15, 0.2) is 16.6 Å². The Kier molecular flexibility index (Phi) is 10.4. The average molecular weight is 493 g/mol. The van der Waals surface area contributed by atoms with Crippen molar-refractivity contribution in [3.05, 3.63) is 89.5 Å². The minimum Gasteiger partial charge on any atom is -0.493 e. The van der Waals surface area contributed by atoms with Crippen LogP contribution in [0.5, 0.6) is 17.2 Å². The molecular formula is C28H32N2O4S. The summed E-state index contributed by atoms with van der Waals surface area (Å²) in [6.07, 6.45) is 2.88. The van der Waals surface area contributed by atoms with Crippen LogP contribution in [0, 0.1) is 0 Å². The lowest BCUT2D eigenvalue weighted by molar-refractivity contribution is 0.0976. The molecule has 0 fully saturated rings. The molecule has 2 N–H and O–H groups in total. The molecule has 0 saturated heterocycles. The highest BCUT2D eigenvalue weighted by Gasteiger charge is 2.10. The summed E-state index contributed by atoms with van der Waals surface area (Å²) in [7, 11) is 1.61. The molecule has 3 rings (SSSR count). The molecule has 0 aromatic heterocycles. The summed E-state index contributed by atoms with van der Waals surface area (Å²) in [6, 6.07) is 22.9. The molecule has 35 heavy (non-hydrogen) atoms. The van der Waals surface area contributed by atoms with Crippen molar-refractivity contribution in [3.8, 4) is 17.2 Å². The van der Waals surface area contributed by atoms with Crippen LogP contribution in [0.4, 0.5) is 0 Å². The Bertz CT molecular complexity index is 1090. The van der Waals surface area contributed by atoms with E-state index in [0.29, 0.717) is 42.6 Å². The molecule has 184 valence electrons. The van der Waals surface area contributed by atoms with Gasteiger partial charge in [0.2, 0.25) is 0 Å². The molecule has 0 saturated carbocycles. The number of carbonyl (C=O) groups is 1. The lowest BCUT2D eigenvalue weighted by Crippen LogP contribution is -2.38. The van der Waals surface area contributed by atoms with Crippen LogP contribution < -0.4 is 24.8 Å². The molecule has 0 aliphatic heterocycles. The number of unbranched alkanes of at least 4 members (excludes halogenated alkanes) is 1. The van der Waals surface area contributed by atoms with Crippen molar-refractivity contribution in [1.82, 2.24) is 10.6 Å². The molecule has 0 radical (unpaired) electrons. The zero-order valence-electron chi connectivity index (χ0n) is 20.2. The largest absolute Gasteiger partial charge is 0.493 e. The normalized spacial score (nSPS) is 10.3. The fourth-order valence-electron chi connectivity index (χ4n) is 3.30. The first-order valence-electron chi connectivity index (χ1n) is 11.7. The molecule has 0 unspecified atom stereocenters. The minimum absolute atomic E-state index is 0.250. The number of carbonyl (C=O) groups excluding carboxylic acids is 1. The fraction of sp³-hybridized carbons (Fsp3) is 0.286. The summed E-state index contributed by atoms with van der Waals surface area (Å²) in [4.78, 5) is 12.5. The number of amides is 1. The Morgan fingerprint density at radius 2 is 1.66 bits per heavy atom. The zero-order chi connectivity index (χ0) is 24.9. The number of rotatable bonds is 12. The third kappa shape index (κ3) is 8.61. The van der Waals surface area contributed by atoms with E-state index in [1.807, 2.05) is 36.4 Å². The first kappa shape index (κ1) is 26.0. The Morgan fingerprint density at radius 3 is 2.37 bits per heavy atom. The number of hydrogen-bond acceptors (Lipinski definition) is 5. The maximum Gasteiger partial charge on any atom is 0.257 e. The van der Waals surface area contributed by atoms with E-state index >= 15 is 0 Å². The maximum absolute atomic E-state index is 12.5. The van der Waals surface area contributed by atoms with Crippen molar-refractivity contribution in [2.75, 3.05) is 20.3 Å². The van der Waals surface area contributed by atoms with Gasteiger partial charge in [-0.1, -0.05) is 49.7 Å². The topological polar surface area (TPSA) is 68.8 Å². The molecule has 0 aliphatic carbocycles. The van der Waals surface area contributed by atoms with Gasteiger partial charge in [-0.3, -0.25) is 10.1 Å². The molecule has 0 aliphatic rings. The number of thiocarbonyl (C=S) groups is 1. The van der Waals surface area contributed by atoms with Crippen LogP contribution in [0.25, 0.3) is 0 Å². The van der Waals surface area contributed by atoms with E-state index in [-0.39, 0.29) is 11.0 Å². The zero-order valence-corrected chi connectivity index (χ0v) is 21.0. The fourth-order valence-corrected chi connectivity index (χ4v) is 3.47. The smallest absolute Gasteiger partial charge is 0.257 e. The highest BCUT2D eigenvalue weighted by molar-refractivity contribution is 7.80. The van der Waals surface area contributed by atoms with Crippen LogP contribution in [0.2, 0.25) is 0 Å². The lowest BCUT2D eigenvalue weighted by Gasteiger charge is -2.13. The van der Waals surface area contributed by atoms with Crippen molar-refractivity contribution in [3.63, 3.8) is 0 Å². The highest BCUT2D eigenvalue weighted by atomic mass is 32.1. The van der Waals surface area contributed by atoms with Crippen LogP contribution in [0.1, 0.15) is 41.3 Å². The molecule has 7 heteroatoms. The third-order valence-corrected chi connectivity index (χ3v) is 5.53. The van der Waals surface area contributed by atoms with Crippen molar-refractivity contribution in [2.24, 2.45) is 0 Å². The molecule has 1 amide bonds. The summed E-state index contributed by atoms with van der Waals surface area (Å²) >= 11 is 5.29. The molecular weight excluding hydrogens is 460 g/mol. The van der Waals surface area contributed by atoms with Gasteiger partial charge in [-0.2, -0.15) is 0 Å². The van der Waals surface area contributed by atoms with E-state index in [9.17, 15) is 4.79 Å². The van der Waals surface area contributed by atoms with Crippen LogP contribution in [-0.2, 0) is 13.0 Å². The number of hydrogen-bond donors (Lipinski definition) is 2. The van der Waals surface area contributed by atoms with Crippen LogP contribution >= 0.6 is 12.2 Å². The van der Waals surface area contributed by atoms with Crippen molar-refractivity contribution in [2.45, 2.75) is 32.7 Å². The van der Waals surface area contributed by atoms with Crippen molar-refractivity contribution >= 4 is 23.2 Å². The van der Waals surface area contributed by atoms with Crippen molar-refractivity contribution < 1.29 is 19.0 Å². The summed E-state index contributed by atoms with van der Waals surface area (Å²) in [5.41, 5.74) is 2.68. The monoisotopic (exact) mass is 492 g/mol. The van der Waals surface area contributed by atoms with Gasteiger partial charge in [0.1, 0.15) is 5.75 Å². The quantitative estimate of drug-likeness (QED) is 0.264. The highest BCUT2D eigenvalue weighted by Crippen LogP contribution is 2.28. The minimum atomic E-state index is -0.282. The van der Waals surface area contributed by atoms with Gasteiger partial charge in [0.25, 0.3) is 5.91 Å². The Morgan fingerprint density at radius 1 is 0.886 bits per heavy atom. The SMILES string of the molecule is CCCCOc1ccc(CNC(=S)NC(=O)c2ccc(OCCc3ccccc3)cc2)cc1OC. The molecule has 0 heterocycles. The van der Waals surface area contributed by atoms with Gasteiger partial charge in [-0.25, -0.2) is 0 Å². The van der Waals surface area contributed by atoms with E-state index in [4.69, 9.17) is 26.4 Å². The van der Waals surface area contributed by atoms with Gasteiger partial charge in [-0.15, -0.1) is 0 Å².